The number of hydrogen-bond acceptors (Lipinski definition) is 7. The summed E-state index contributed by atoms with van der Waals surface area (Å²) in [6.07, 6.45) is 3.23. The zero-order valence-electron chi connectivity index (χ0n) is 18.1. The van der Waals surface area contributed by atoms with Crippen LogP contribution in [-0.2, 0) is 10.5 Å². The fourth-order valence-electron chi connectivity index (χ4n) is 3.88. The molecule has 0 saturated heterocycles. The lowest BCUT2D eigenvalue weighted by molar-refractivity contribution is -0.119. The number of pyridine rings is 1. The molecule has 3 heterocycles. The zero-order chi connectivity index (χ0) is 23.5. The average molecular weight is 471 g/mol. The maximum atomic E-state index is 13.4. The van der Waals surface area contributed by atoms with Gasteiger partial charge in [0, 0.05) is 17.6 Å². The highest BCUT2D eigenvalue weighted by atomic mass is 32.2. The molecule has 5 rings (SSSR count). The smallest absolute Gasteiger partial charge is 0.236 e. The van der Waals surface area contributed by atoms with Crippen molar-refractivity contribution in [2.75, 3.05) is 10.6 Å². The molecule has 0 unspecified atom stereocenters. The fourth-order valence-corrected chi connectivity index (χ4v) is 4.67. The van der Waals surface area contributed by atoms with E-state index in [1.54, 1.807) is 53.5 Å². The van der Waals surface area contributed by atoms with Crippen LogP contribution in [0.15, 0.2) is 96.6 Å². The molecular weight excluding hydrogens is 448 g/mol. The molecule has 1 amide bonds. The predicted octanol–water partition coefficient (Wildman–Crippen LogP) is 4.45. The van der Waals surface area contributed by atoms with E-state index in [9.17, 15) is 9.90 Å². The van der Waals surface area contributed by atoms with Crippen molar-refractivity contribution in [1.29, 1.82) is 0 Å². The molecule has 2 aromatic heterocycles. The Kier molecular flexibility index (Phi) is 6.01. The number of aromatic hydroxyl groups is 1. The minimum Gasteiger partial charge on any atom is -0.508 e. The molecule has 2 aromatic carbocycles. The average Bonchev–Trinajstić information content (AvgIpc) is 3.26. The second kappa shape index (κ2) is 9.40. The normalized spacial score (nSPS) is 17.0. The molecule has 0 aliphatic carbocycles. The fraction of sp³-hybridized carbons (Fsp3) is 0.120. The molecule has 1 aliphatic heterocycles. The van der Waals surface area contributed by atoms with Crippen molar-refractivity contribution in [1.82, 2.24) is 19.7 Å². The topological polar surface area (TPSA) is 105 Å². The molecule has 170 valence electrons. The van der Waals surface area contributed by atoms with Gasteiger partial charge < -0.3 is 15.7 Å². The second-order valence-corrected chi connectivity index (χ2v) is 8.77. The molecule has 4 aromatic rings. The van der Waals surface area contributed by atoms with Gasteiger partial charge in [0.2, 0.25) is 17.0 Å². The monoisotopic (exact) mass is 470 g/mol. The third kappa shape index (κ3) is 4.51. The molecule has 0 radical (unpaired) electrons. The summed E-state index contributed by atoms with van der Waals surface area (Å²) in [6, 6.07) is 19.9. The Hall–Kier alpha value is -4.11. The number of hydrogen-bond donors (Lipinski definition) is 3. The van der Waals surface area contributed by atoms with Crippen LogP contribution in [0, 0.1) is 5.92 Å². The number of nitrogens with one attached hydrogen (secondary N) is 2. The van der Waals surface area contributed by atoms with Gasteiger partial charge in [-0.25, -0.2) is 4.68 Å². The first-order valence-electron chi connectivity index (χ1n) is 10.7. The lowest BCUT2D eigenvalue weighted by Crippen LogP contribution is -2.39. The Bertz CT molecular complexity index is 1310. The van der Waals surface area contributed by atoms with Gasteiger partial charge in [-0.3, -0.25) is 9.78 Å². The SMILES string of the molecule is C=C1Nc2nc(SCc3ccccc3)nn2[C@H](c2ccc(O)cc2)[C@H]1C(=O)Nc1cccnc1. The zero-order valence-corrected chi connectivity index (χ0v) is 18.9. The van der Waals surface area contributed by atoms with Crippen molar-refractivity contribution < 1.29 is 9.90 Å². The Balaban J connectivity index is 1.48. The van der Waals surface area contributed by atoms with Crippen LogP contribution >= 0.6 is 11.8 Å². The van der Waals surface area contributed by atoms with Gasteiger partial charge in [-0.1, -0.05) is 60.8 Å². The molecule has 0 bridgehead atoms. The lowest BCUT2D eigenvalue weighted by atomic mass is 9.88. The number of amides is 1. The number of rotatable bonds is 6. The minimum absolute atomic E-state index is 0.144. The first kappa shape index (κ1) is 21.7. The summed E-state index contributed by atoms with van der Waals surface area (Å²) in [4.78, 5) is 22.1. The maximum absolute atomic E-state index is 13.4. The van der Waals surface area contributed by atoms with Gasteiger partial charge in [-0.05, 0) is 35.4 Å². The largest absolute Gasteiger partial charge is 0.508 e. The van der Waals surface area contributed by atoms with Crippen molar-refractivity contribution in [3.05, 3.63) is 103 Å². The summed E-state index contributed by atoms with van der Waals surface area (Å²) in [5.74, 6) is 0.462. The van der Waals surface area contributed by atoms with E-state index in [0.29, 0.717) is 22.5 Å². The van der Waals surface area contributed by atoms with E-state index in [1.807, 2.05) is 18.2 Å². The van der Waals surface area contributed by atoms with Crippen LogP contribution in [0.25, 0.3) is 0 Å². The van der Waals surface area contributed by atoms with Gasteiger partial charge in [0.15, 0.2) is 0 Å². The van der Waals surface area contributed by atoms with Crippen LogP contribution in [0.2, 0.25) is 0 Å². The lowest BCUT2D eigenvalue weighted by Gasteiger charge is -2.33. The molecule has 1 aliphatic rings. The summed E-state index contributed by atoms with van der Waals surface area (Å²) < 4.78 is 1.72. The quantitative estimate of drug-likeness (QED) is 0.358. The Labute approximate surface area is 200 Å². The van der Waals surface area contributed by atoms with Gasteiger partial charge in [0.1, 0.15) is 11.7 Å². The third-order valence-electron chi connectivity index (χ3n) is 5.50. The van der Waals surface area contributed by atoms with Gasteiger partial charge in [-0.15, -0.1) is 5.10 Å². The summed E-state index contributed by atoms with van der Waals surface area (Å²) in [5.41, 5.74) is 3.08. The van der Waals surface area contributed by atoms with Crippen LogP contribution in [-0.4, -0.2) is 30.8 Å². The Morgan fingerprint density at radius 1 is 1.12 bits per heavy atom. The highest BCUT2D eigenvalue weighted by Crippen LogP contribution is 2.39. The van der Waals surface area contributed by atoms with E-state index >= 15 is 0 Å². The summed E-state index contributed by atoms with van der Waals surface area (Å²) >= 11 is 1.52. The van der Waals surface area contributed by atoms with Crippen molar-refractivity contribution in [2.24, 2.45) is 5.92 Å². The number of carbonyl (C=O) groups is 1. The van der Waals surface area contributed by atoms with Crippen LogP contribution in [0.1, 0.15) is 17.2 Å². The van der Waals surface area contributed by atoms with E-state index in [-0.39, 0.29) is 11.7 Å². The number of benzene rings is 2. The highest BCUT2D eigenvalue weighted by Gasteiger charge is 2.40. The van der Waals surface area contributed by atoms with E-state index in [0.717, 1.165) is 11.3 Å². The number of nitrogens with zero attached hydrogens (tertiary/aromatic N) is 4. The molecule has 9 heteroatoms. The first-order chi connectivity index (χ1) is 16.6. The van der Waals surface area contributed by atoms with Crippen LogP contribution in [0.3, 0.4) is 0 Å². The molecular formula is C25H22N6O2S. The Morgan fingerprint density at radius 3 is 2.65 bits per heavy atom. The standard InChI is InChI=1S/C25H22N6O2S/c1-16-21(23(33)28-19-8-5-13-26-14-19)22(18-9-11-20(32)12-10-18)31-24(27-16)29-25(30-31)34-15-17-6-3-2-4-7-17/h2-14,21-22,32H,1,15H2,(H,28,33)(H,27,29,30)/t21-,22+/m0/s1. The Morgan fingerprint density at radius 2 is 1.91 bits per heavy atom. The van der Waals surface area contributed by atoms with Crippen LogP contribution < -0.4 is 10.6 Å². The highest BCUT2D eigenvalue weighted by molar-refractivity contribution is 7.98. The number of phenols is 1. The van der Waals surface area contributed by atoms with E-state index in [1.165, 1.54) is 17.3 Å². The van der Waals surface area contributed by atoms with Gasteiger partial charge in [0.25, 0.3) is 0 Å². The number of anilines is 2. The third-order valence-corrected chi connectivity index (χ3v) is 6.40. The van der Waals surface area contributed by atoms with E-state index in [2.05, 4.69) is 39.3 Å². The molecule has 34 heavy (non-hydrogen) atoms. The predicted molar refractivity (Wildman–Crippen MR) is 131 cm³/mol. The van der Waals surface area contributed by atoms with Gasteiger partial charge in [-0.2, -0.15) is 4.98 Å². The van der Waals surface area contributed by atoms with Crippen molar-refractivity contribution in [3.63, 3.8) is 0 Å². The molecule has 3 N–H and O–H groups in total. The number of phenolic OH excluding ortho intramolecular Hbond substituents is 1. The van der Waals surface area contributed by atoms with Gasteiger partial charge >= 0.3 is 0 Å². The number of thioether (sulfide) groups is 1. The summed E-state index contributed by atoms with van der Waals surface area (Å²) in [5, 5.41) is 21.2. The summed E-state index contributed by atoms with van der Waals surface area (Å²) in [6.45, 7) is 4.13. The first-order valence-corrected chi connectivity index (χ1v) is 11.7. The molecule has 2 atom stereocenters. The van der Waals surface area contributed by atoms with Gasteiger partial charge in [0.05, 0.1) is 17.9 Å². The van der Waals surface area contributed by atoms with Crippen LogP contribution in [0.4, 0.5) is 11.6 Å². The van der Waals surface area contributed by atoms with Crippen LogP contribution in [0.5, 0.6) is 5.75 Å². The molecule has 8 nitrogen and oxygen atoms in total. The molecule has 0 saturated carbocycles. The number of carbonyl (C=O) groups excluding carboxylic acids is 1. The molecule has 0 fully saturated rings. The molecule has 0 spiro atoms. The van der Waals surface area contributed by atoms with Crippen molar-refractivity contribution in [2.45, 2.75) is 17.0 Å². The van der Waals surface area contributed by atoms with Crippen molar-refractivity contribution in [3.8, 4) is 5.75 Å². The van der Waals surface area contributed by atoms with Crippen molar-refractivity contribution >= 4 is 29.3 Å². The number of fused-ring (bicyclic) bond motifs is 1. The number of aromatic nitrogens is 4. The second-order valence-electron chi connectivity index (χ2n) is 7.83. The minimum atomic E-state index is -0.675. The maximum Gasteiger partial charge on any atom is 0.236 e. The summed E-state index contributed by atoms with van der Waals surface area (Å²) in [7, 11) is 0. The van der Waals surface area contributed by atoms with E-state index < -0.39 is 12.0 Å². The van der Waals surface area contributed by atoms with E-state index in [4.69, 9.17) is 5.10 Å².